The predicted octanol–water partition coefficient (Wildman–Crippen LogP) is 4.30. The molecule has 0 atom stereocenters. The summed E-state index contributed by atoms with van der Waals surface area (Å²) in [4.78, 5) is 4.42. The fourth-order valence-electron chi connectivity index (χ4n) is 2.21. The summed E-state index contributed by atoms with van der Waals surface area (Å²) >= 11 is 0. The largest absolute Gasteiger partial charge is 0.504 e. The molecule has 3 nitrogen and oxygen atoms in total. The van der Waals surface area contributed by atoms with Gasteiger partial charge >= 0.3 is 0 Å². The Balaban J connectivity index is 1.94. The molecule has 0 aliphatic rings. The first kappa shape index (κ1) is 13.2. The van der Waals surface area contributed by atoms with Gasteiger partial charge in [0.15, 0.2) is 11.5 Å². The van der Waals surface area contributed by atoms with E-state index in [0.29, 0.717) is 11.3 Å². The molecule has 3 heteroatoms. The summed E-state index contributed by atoms with van der Waals surface area (Å²) < 4.78 is 5.08. The molecule has 104 valence electrons. The van der Waals surface area contributed by atoms with Gasteiger partial charge in [-0.2, -0.15) is 0 Å². The standard InChI is InChI=1S/C18H15NO2/c1-21-17-8-4-7-15(18(17)20)12-19-16-10-9-13-5-2-3-6-14(13)11-16/h2-12,20H,1H3. The topological polar surface area (TPSA) is 41.8 Å². The second kappa shape index (κ2) is 5.67. The minimum atomic E-state index is 0.101. The number of fused-ring (bicyclic) bond motifs is 1. The van der Waals surface area contributed by atoms with Crippen molar-refractivity contribution in [3.05, 3.63) is 66.2 Å². The molecule has 0 bridgehead atoms. The molecule has 0 fully saturated rings. The lowest BCUT2D eigenvalue weighted by Crippen LogP contribution is -1.88. The van der Waals surface area contributed by atoms with Crippen molar-refractivity contribution in [2.45, 2.75) is 0 Å². The molecule has 0 aromatic heterocycles. The van der Waals surface area contributed by atoms with Crippen molar-refractivity contribution in [3.8, 4) is 11.5 Å². The lowest BCUT2D eigenvalue weighted by molar-refractivity contribution is 0.373. The normalized spacial score (nSPS) is 11.1. The average Bonchev–Trinajstić information content (AvgIpc) is 2.54. The first-order valence-corrected chi connectivity index (χ1v) is 6.67. The van der Waals surface area contributed by atoms with Gasteiger partial charge in [0.1, 0.15) is 0 Å². The highest BCUT2D eigenvalue weighted by Crippen LogP contribution is 2.28. The Morgan fingerprint density at radius 3 is 2.57 bits per heavy atom. The molecule has 0 unspecified atom stereocenters. The molecular formula is C18H15NO2. The summed E-state index contributed by atoms with van der Waals surface area (Å²) in [6.45, 7) is 0. The fourth-order valence-corrected chi connectivity index (χ4v) is 2.21. The predicted molar refractivity (Wildman–Crippen MR) is 85.9 cm³/mol. The van der Waals surface area contributed by atoms with Crippen LogP contribution in [0, 0.1) is 0 Å². The summed E-state index contributed by atoms with van der Waals surface area (Å²) in [6.07, 6.45) is 1.64. The van der Waals surface area contributed by atoms with Gasteiger partial charge in [0.05, 0.1) is 12.8 Å². The number of phenols is 1. The monoisotopic (exact) mass is 277 g/mol. The smallest absolute Gasteiger partial charge is 0.166 e. The number of methoxy groups -OCH3 is 1. The molecule has 0 heterocycles. The maximum atomic E-state index is 10.0. The van der Waals surface area contributed by atoms with Crippen molar-refractivity contribution >= 4 is 22.7 Å². The summed E-state index contributed by atoms with van der Waals surface area (Å²) in [5, 5.41) is 12.3. The third-order valence-electron chi connectivity index (χ3n) is 3.34. The van der Waals surface area contributed by atoms with E-state index in [1.165, 1.54) is 12.5 Å². The number of hydrogen-bond acceptors (Lipinski definition) is 3. The zero-order chi connectivity index (χ0) is 14.7. The van der Waals surface area contributed by atoms with Crippen molar-refractivity contribution in [3.63, 3.8) is 0 Å². The first-order valence-electron chi connectivity index (χ1n) is 6.67. The summed E-state index contributed by atoms with van der Waals surface area (Å²) in [7, 11) is 1.53. The van der Waals surface area contributed by atoms with Gasteiger partial charge in [-0.15, -0.1) is 0 Å². The molecule has 0 aliphatic carbocycles. The minimum Gasteiger partial charge on any atom is -0.504 e. The molecule has 3 aromatic rings. The van der Waals surface area contributed by atoms with E-state index in [4.69, 9.17) is 4.74 Å². The van der Waals surface area contributed by atoms with Crippen LogP contribution in [0.5, 0.6) is 11.5 Å². The maximum Gasteiger partial charge on any atom is 0.166 e. The highest BCUT2D eigenvalue weighted by atomic mass is 16.5. The van der Waals surface area contributed by atoms with E-state index in [9.17, 15) is 5.11 Å². The van der Waals surface area contributed by atoms with E-state index >= 15 is 0 Å². The SMILES string of the molecule is COc1cccc(C=Nc2ccc3ccccc3c2)c1O. The van der Waals surface area contributed by atoms with Gasteiger partial charge in [-0.3, -0.25) is 4.99 Å². The van der Waals surface area contributed by atoms with Gasteiger partial charge in [-0.05, 0) is 35.0 Å². The third-order valence-corrected chi connectivity index (χ3v) is 3.34. The molecule has 3 rings (SSSR count). The first-order chi connectivity index (χ1) is 10.3. The van der Waals surface area contributed by atoms with Crippen molar-refractivity contribution in [2.24, 2.45) is 4.99 Å². The van der Waals surface area contributed by atoms with E-state index in [1.54, 1.807) is 18.3 Å². The van der Waals surface area contributed by atoms with Crippen LogP contribution in [0.1, 0.15) is 5.56 Å². The molecule has 1 N–H and O–H groups in total. The summed E-state index contributed by atoms with van der Waals surface area (Å²) in [6, 6.07) is 19.5. The van der Waals surface area contributed by atoms with Gasteiger partial charge < -0.3 is 9.84 Å². The van der Waals surface area contributed by atoms with Crippen LogP contribution >= 0.6 is 0 Å². The lowest BCUT2D eigenvalue weighted by Gasteiger charge is -2.05. The van der Waals surface area contributed by atoms with E-state index in [-0.39, 0.29) is 5.75 Å². The second-order valence-electron chi connectivity index (χ2n) is 4.69. The zero-order valence-corrected chi connectivity index (χ0v) is 11.7. The summed E-state index contributed by atoms with van der Waals surface area (Å²) in [5.74, 6) is 0.544. The molecule has 0 spiro atoms. The molecular weight excluding hydrogens is 262 g/mol. The fraction of sp³-hybridized carbons (Fsp3) is 0.0556. The molecule has 0 saturated carbocycles. The van der Waals surface area contributed by atoms with Crippen LogP contribution in [0.15, 0.2) is 65.7 Å². The number of nitrogens with zero attached hydrogens (tertiary/aromatic N) is 1. The van der Waals surface area contributed by atoms with Gasteiger partial charge in [0.25, 0.3) is 0 Å². The highest BCUT2D eigenvalue weighted by molar-refractivity contribution is 5.89. The van der Waals surface area contributed by atoms with Crippen molar-refractivity contribution < 1.29 is 9.84 Å². The number of rotatable bonds is 3. The second-order valence-corrected chi connectivity index (χ2v) is 4.69. The number of hydrogen-bond donors (Lipinski definition) is 1. The van der Waals surface area contributed by atoms with E-state index in [1.807, 2.05) is 36.4 Å². The van der Waals surface area contributed by atoms with Crippen LogP contribution in [0.25, 0.3) is 10.8 Å². The molecule has 0 radical (unpaired) electrons. The van der Waals surface area contributed by atoms with Crippen molar-refractivity contribution in [1.29, 1.82) is 0 Å². The number of para-hydroxylation sites is 1. The van der Waals surface area contributed by atoms with E-state index in [0.717, 1.165) is 11.1 Å². The molecule has 0 aliphatic heterocycles. The Morgan fingerprint density at radius 2 is 1.76 bits per heavy atom. The molecule has 0 amide bonds. The van der Waals surface area contributed by atoms with E-state index in [2.05, 4.69) is 17.1 Å². The van der Waals surface area contributed by atoms with Crippen LogP contribution < -0.4 is 4.74 Å². The van der Waals surface area contributed by atoms with Gasteiger partial charge in [-0.25, -0.2) is 0 Å². The van der Waals surface area contributed by atoms with Crippen LogP contribution in [0.4, 0.5) is 5.69 Å². The molecule has 21 heavy (non-hydrogen) atoms. The Hall–Kier alpha value is -2.81. The quantitative estimate of drug-likeness (QED) is 0.725. The third kappa shape index (κ3) is 2.72. The van der Waals surface area contributed by atoms with Crippen LogP contribution in [0.2, 0.25) is 0 Å². The van der Waals surface area contributed by atoms with Crippen molar-refractivity contribution in [2.75, 3.05) is 7.11 Å². The highest BCUT2D eigenvalue weighted by Gasteiger charge is 2.04. The Morgan fingerprint density at radius 1 is 0.952 bits per heavy atom. The molecule has 3 aromatic carbocycles. The van der Waals surface area contributed by atoms with Gasteiger partial charge in [-0.1, -0.05) is 36.4 Å². The number of aliphatic imine (C=N–C) groups is 1. The zero-order valence-electron chi connectivity index (χ0n) is 11.7. The number of aromatic hydroxyl groups is 1. The minimum absolute atomic E-state index is 0.101. The lowest BCUT2D eigenvalue weighted by atomic mass is 10.1. The Kier molecular flexibility index (Phi) is 3.56. The van der Waals surface area contributed by atoms with Crippen LogP contribution in [-0.2, 0) is 0 Å². The van der Waals surface area contributed by atoms with Crippen LogP contribution in [-0.4, -0.2) is 18.4 Å². The summed E-state index contributed by atoms with van der Waals surface area (Å²) in [5.41, 5.74) is 1.47. The van der Waals surface area contributed by atoms with Gasteiger partial charge in [0, 0.05) is 11.8 Å². The average molecular weight is 277 g/mol. The number of benzene rings is 3. The van der Waals surface area contributed by atoms with Gasteiger partial charge in [0.2, 0.25) is 0 Å². The van der Waals surface area contributed by atoms with Crippen molar-refractivity contribution in [1.82, 2.24) is 0 Å². The maximum absolute atomic E-state index is 10.0. The van der Waals surface area contributed by atoms with Crippen LogP contribution in [0.3, 0.4) is 0 Å². The Bertz CT molecular complexity index is 809. The number of ether oxygens (including phenoxy) is 1. The number of phenolic OH excluding ortho intramolecular Hbond substituents is 1. The van der Waals surface area contributed by atoms with E-state index < -0.39 is 0 Å². The molecule has 0 saturated heterocycles. The Labute approximate surface area is 123 Å².